The van der Waals surface area contributed by atoms with Crippen molar-refractivity contribution < 1.29 is 14.3 Å². The Morgan fingerprint density at radius 2 is 2.11 bits per heavy atom. The minimum atomic E-state index is -0.642. The molecule has 0 unspecified atom stereocenters. The van der Waals surface area contributed by atoms with E-state index in [4.69, 9.17) is 17.0 Å². The molecule has 1 aliphatic heterocycles. The number of thioether (sulfide) groups is 1. The van der Waals surface area contributed by atoms with E-state index in [0.717, 1.165) is 5.75 Å². The molecular formula is C11H18N2O3S2. The zero-order valence-corrected chi connectivity index (χ0v) is 12.6. The van der Waals surface area contributed by atoms with Crippen LogP contribution in [0.15, 0.2) is 0 Å². The molecule has 102 valence electrons. The molecule has 18 heavy (non-hydrogen) atoms. The van der Waals surface area contributed by atoms with E-state index in [9.17, 15) is 9.59 Å². The average Bonchev–Trinajstić information content (AvgIpc) is 2.60. The van der Waals surface area contributed by atoms with Crippen molar-refractivity contribution in [2.45, 2.75) is 39.3 Å². The minimum Gasteiger partial charge on any atom is -0.444 e. The second-order valence-corrected chi connectivity index (χ2v) is 6.70. The number of ether oxygens (including phenoxy) is 1. The fourth-order valence-corrected chi connectivity index (χ4v) is 2.59. The summed E-state index contributed by atoms with van der Waals surface area (Å²) in [6.45, 7) is 7.53. The summed E-state index contributed by atoms with van der Waals surface area (Å²) in [4.78, 5) is 25.1. The summed E-state index contributed by atoms with van der Waals surface area (Å²) in [5.74, 6) is 0.611. The first-order valence-corrected chi connectivity index (χ1v) is 7.08. The molecule has 5 nitrogen and oxygen atoms in total. The molecule has 1 N–H and O–H groups in total. The van der Waals surface area contributed by atoms with Gasteiger partial charge < -0.3 is 10.1 Å². The molecule has 0 aliphatic carbocycles. The monoisotopic (exact) mass is 290 g/mol. The van der Waals surface area contributed by atoms with Crippen molar-refractivity contribution in [3.8, 4) is 0 Å². The Bertz CT molecular complexity index is 366. The number of amides is 2. The van der Waals surface area contributed by atoms with Crippen molar-refractivity contribution in [1.29, 1.82) is 0 Å². The van der Waals surface area contributed by atoms with Crippen LogP contribution in [0.3, 0.4) is 0 Å². The molecule has 0 aromatic rings. The predicted octanol–water partition coefficient (Wildman–Crippen LogP) is 1.76. The zero-order valence-electron chi connectivity index (χ0n) is 11.0. The van der Waals surface area contributed by atoms with Crippen molar-refractivity contribution in [2.24, 2.45) is 0 Å². The van der Waals surface area contributed by atoms with E-state index in [1.165, 1.54) is 16.7 Å². The first-order valence-electron chi connectivity index (χ1n) is 5.68. The highest BCUT2D eigenvalue weighted by molar-refractivity contribution is 8.23. The molecular weight excluding hydrogens is 272 g/mol. The third-order valence-corrected chi connectivity index (χ3v) is 3.56. The largest absolute Gasteiger partial charge is 0.444 e. The summed E-state index contributed by atoms with van der Waals surface area (Å²) in [5, 5.41) is 2.51. The van der Waals surface area contributed by atoms with Gasteiger partial charge in [-0.2, -0.15) is 0 Å². The quantitative estimate of drug-likeness (QED) is 0.785. The number of hydrogen-bond donors (Lipinski definition) is 1. The molecule has 0 spiro atoms. The summed E-state index contributed by atoms with van der Waals surface area (Å²) in [6.07, 6.45) is -0.596. The fourth-order valence-electron chi connectivity index (χ4n) is 1.37. The number of rotatable bonds is 2. The van der Waals surface area contributed by atoms with Gasteiger partial charge in [-0.1, -0.05) is 24.0 Å². The summed E-state index contributed by atoms with van der Waals surface area (Å²) >= 11 is 6.53. The molecule has 0 bridgehead atoms. The summed E-state index contributed by atoms with van der Waals surface area (Å²) < 4.78 is 5.66. The number of carbonyl (C=O) groups is 2. The normalized spacial score (nSPS) is 17.6. The van der Waals surface area contributed by atoms with Crippen LogP contribution < -0.4 is 5.32 Å². The molecule has 0 aromatic heterocycles. The number of thiocarbonyl (C=S) groups is 1. The molecule has 1 saturated heterocycles. The van der Waals surface area contributed by atoms with Crippen LogP contribution in [0.25, 0.3) is 0 Å². The van der Waals surface area contributed by atoms with Crippen LogP contribution in [0.4, 0.5) is 4.79 Å². The SMILES string of the molecule is C[C@@H](NC(=O)OC(C)(C)C)C(=O)N1CCSC1=S. The topological polar surface area (TPSA) is 58.6 Å². The third kappa shape index (κ3) is 4.45. The summed E-state index contributed by atoms with van der Waals surface area (Å²) in [5.41, 5.74) is -0.578. The molecule has 1 aliphatic rings. The van der Waals surface area contributed by atoms with Crippen molar-refractivity contribution in [3.05, 3.63) is 0 Å². The lowest BCUT2D eigenvalue weighted by atomic mass is 10.2. The van der Waals surface area contributed by atoms with Crippen LogP contribution in [-0.2, 0) is 9.53 Å². The fraction of sp³-hybridized carbons (Fsp3) is 0.727. The Kier molecular flexibility index (Phi) is 4.98. The van der Waals surface area contributed by atoms with Gasteiger partial charge in [0, 0.05) is 12.3 Å². The number of carbonyl (C=O) groups excluding carboxylic acids is 2. The Morgan fingerprint density at radius 3 is 2.56 bits per heavy atom. The minimum absolute atomic E-state index is 0.198. The Labute approximate surface area is 117 Å². The number of nitrogens with one attached hydrogen (secondary N) is 1. The Hall–Kier alpha value is -0.820. The van der Waals surface area contributed by atoms with Crippen molar-refractivity contribution in [1.82, 2.24) is 10.2 Å². The summed E-state index contributed by atoms with van der Waals surface area (Å²) in [6, 6.07) is -0.642. The smallest absolute Gasteiger partial charge is 0.408 e. The van der Waals surface area contributed by atoms with Crippen LogP contribution >= 0.6 is 24.0 Å². The van der Waals surface area contributed by atoms with Gasteiger partial charge in [0.15, 0.2) is 0 Å². The average molecular weight is 290 g/mol. The maximum atomic E-state index is 12.0. The van der Waals surface area contributed by atoms with Gasteiger partial charge in [0.2, 0.25) is 5.91 Å². The number of alkyl carbamates (subject to hydrolysis) is 1. The standard InChI is InChI=1S/C11H18N2O3S2/c1-7(12-9(15)16-11(2,3)4)8(14)13-5-6-18-10(13)17/h7H,5-6H2,1-4H3,(H,12,15)/t7-/m1/s1. The van der Waals surface area contributed by atoms with Gasteiger partial charge in [0.1, 0.15) is 16.0 Å². The van der Waals surface area contributed by atoms with Gasteiger partial charge in [0.25, 0.3) is 0 Å². The summed E-state index contributed by atoms with van der Waals surface area (Å²) in [7, 11) is 0. The number of hydrogen-bond acceptors (Lipinski definition) is 5. The van der Waals surface area contributed by atoms with Gasteiger partial charge in [-0.3, -0.25) is 9.69 Å². The van der Waals surface area contributed by atoms with Crippen molar-refractivity contribution in [2.75, 3.05) is 12.3 Å². The molecule has 2 amide bonds. The van der Waals surface area contributed by atoms with Crippen LogP contribution in [0.2, 0.25) is 0 Å². The Balaban J connectivity index is 2.50. The molecule has 1 heterocycles. The van der Waals surface area contributed by atoms with Gasteiger partial charge >= 0.3 is 6.09 Å². The Morgan fingerprint density at radius 1 is 1.50 bits per heavy atom. The molecule has 1 fully saturated rings. The second-order valence-electron chi connectivity index (χ2n) is 4.97. The van der Waals surface area contributed by atoms with Crippen molar-refractivity contribution in [3.63, 3.8) is 0 Å². The highest BCUT2D eigenvalue weighted by atomic mass is 32.2. The van der Waals surface area contributed by atoms with E-state index in [0.29, 0.717) is 10.9 Å². The molecule has 1 atom stereocenters. The van der Waals surface area contributed by atoms with Gasteiger partial charge in [-0.25, -0.2) is 4.79 Å². The zero-order chi connectivity index (χ0) is 13.9. The van der Waals surface area contributed by atoms with E-state index in [1.807, 2.05) is 0 Å². The molecule has 0 aromatic carbocycles. The van der Waals surface area contributed by atoms with Crippen LogP contribution in [-0.4, -0.2) is 45.2 Å². The van der Waals surface area contributed by atoms with E-state index in [-0.39, 0.29) is 5.91 Å². The van der Waals surface area contributed by atoms with E-state index >= 15 is 0 Å². The molecule has 1 rings (SSSR count). The van der Waals surface area contributed by atoms with Gasteiger partial charge in [-0.15, -0.1) is 0 Å². The maximum Gasteiger partial charge on any atom is 0.408 e. The van der Waals surface area contributed by atoms with Crippen LogP contribution in [0.1, 0.15) is 27.7 Å². The van der Waals surface area contributed by atoms with E-state index < -0.39 is 17.7 Å². The highest BCUT2D eigenvalue weighted by Gasteiger charge is 2.29. The van der Waals surface area contributed by atoms with E-state index in [1.54, 1.807) is 27.7 Å². The molecule has 0 saturated carbocycles. The highest BCUT2D eigenvalue weighted by Crippen LogP contribution is 2.18. The molecule has 7 heteroatoms. The third-order valence-electron chi connectivity index (χ3n) is 2.13. The lowest BCUT2D eigenvalue weighted by molar-refractivity contribution is -0.128. The lowest BCUT2D eigenvalue weighted by Crippen LogP contribution is -2.48. The van der Waals surface area contributed by atoms with Crippen molar-refractivity contribution >= 4 is 40.3 Å². The first-order chi connectivity index (χ1) is 8.20. The van der Waals surface area contributed by atoms with E-state index in [2.05, 4.69) is 5.32 Å². The van der Waals surface area contributed by atoms with Gasteiger partial charge in [0.05, 0.1) is 0 Å². The first kappa shape index (κ1) is 15.2. The predicted molar refractivity (Wildman–Crippen MR) is 75.6 cm³/mol. The lowest BCUT2D eigenvalue weighted by Gasteiger charge is -2.23. The van der Waals surface area contributed by atoms with Crippen LogP contribution in [0, 0.1) is 0 Å². The number of nitrogens with zero attached hydrogens (tertiary/aromatic N) is 1. The second kappa shape index (κ2) is 5.88. The maximum absolute atomic E-state index is 12.0. The van der Waals surface area contributed by atoms with Crippen LogP contribution in [0.5, 0.6) is 0 Å². The van der Waals surface area contributed by atoms with Gasteiger partial charge in [-0.05, 0) is 27.7 Å². The molecule has 0 radical (unpaired) electrons.